The van der Waals surface area contributed by atoms with Gasteiger partial charge >= 0.3 is 0 Å². The molecule has 2 aromatic rings. The zero-order valence-electron chi connectivity index (χ0n) is 12.2. The van der Waals surface area contributed by atoms with E-state index in [4.69, 9.17) is 5.73 Å². The molecular weight excluding hydrogens is 238 g/mol. The minimum Gasteiger partial charge on any atom is -0.326 e. The van der Waals surface area contributed by atoms with Gasteiger partial charge in [0.25, 0.3) is 0 Å². The summed E-state index contributed by atoms with van der Waals surface area (Å²) < 4.78 is 4.01. The molecule has 2 heterocycles. The van der Waals surface area contributed by atoms with E-state index in [1.165, 1.54) is 0 Å². The van der Waals surface area contributed by atoms with Gasteiger partial charge in [-0.05, 0) is 33.3 Å². The zero-order valence-corrected chi connectivity index (χ0v) is 12.2. The van der Waals surface area contributed by atoms with Crippen LogP contribution in [0, 0.1) is 13.8 Å². The lowest BCUT2D eigenvalue weighted by molar-refractivity contribution is 0.470. The summed E-state index contributed by atoms with van der Waals surface area (Å²) in [5.41, 5.74) is 10.1. The third-order valence-corrected chi connectivity index (χ3v) is 3.75. The van der Waals surface area contributed by atoms with Gasteiger partial charge in [-0.1, -0.05) is 6.92 Å². The van der Waals surface area contributed by atoms with Crippen molar-refractivity contribution in [2.75, 3.05) is 0 Å². The molecule has 0 spiro atoms. The topological polar surface area (TPSA) is 61.7 Å². The van der Waals surface area contributed by atoms with Crippen LogP contribution >= 0.6 is 0 Å². The maximum Gasteiger partial charge on any atom is 0.0853 e. The molecule has 0 bridgehead atoms. The lowest BCUT2D eigenvalue weighted by Crippen LogP contribution is -2.08. The van der Waals surface area contributed by atoms with Crippen LogP contribution in [0.3, 0.4) is 0 Å². The number of nitrogens with two attached hydrogens (primary N) is 1. The van der Waals surface area contributed by atoms with Crippen LogP contribution in [0.1, 0.15) is 49.0 Å². The first-order valence-corrected chi connectivity index (χ1v) is 6.83. The molecule has 0 saturated carbocycles. The molecule has 5 nitrogen and oxygen atoms in total. The Bertz CT molecular complexity index is 552. The largest absolute Gasteiger partial charge is 0.326 e. The highest BCUT2D eigenvalue weighted by Gasteiger charge is 2.11. The van der Waals surface area contributed by atoms with Gasteiger partial charge in [-0.25, -0.2) is 0 Å². The highest BCUT2D eigenvalue weighted by atomic mass is 15.3. The van der Waals surface area contributed by atoms with Crippen LogP contribution in [0.15, 0.2) is 12.3 Å². The fraction of sp³-hybridized carbons (Fsp3) is 0.571. The third kappa shape index (κ3) is 2.71. The van der Waals surface area contributed by atoms with Gasteiger partial charge in [0.1, 0.15) is 0 Å². The molecule has 0 amide bonds. The van der Waals surface area contributed by atoms with Gasteiger partial charge in [0.2, 0.25) is 0 Å². The maximum atomic E-state index is 5.75. The van der Waals surface area contributed by atoms with Crippen molar-refractivity contribution in [1.82, 2.24) is 19.6 Å². The molecule has 2 N–H and O–H groups in total. The van der Waals surface area contributed by atoms with E-state index in [1.807, 2.05) is 22.5 Å². The summed E-state index contributed by atoms with van der Waals surface area (Å²) in [5, 5.41) is 9.14. The van der Waals surface area contributed by atoms with Crippen LogP contribution in [0.4, 0.5) is 0 Å². The average Bonchev–Trinajstić information content (AvgIpc) is 2.95. The Hall–Kier alpha value is -1.62. The molecule has 0 aliphatic heterocycles. The smallest absolute Gasteiger partial charge is 0.0853 e. The lowest BCUT2D eigenvalue weighted by atomic mass is 10.2. The molecule has 2 aromatic heterocycles. The summed E-state index contributed by atoms with van der Waals surface area (Å²) in [4.78, 5) is 0. The van der Waals surface area contributed by atoms with E-state index >= 15 is 0 Å². The summed E-state index contributed by atoms with van der Waals surface area (Å²) in [6.07, 6.45) is 3.12. The van der Waals surface area contributed by atoms with E-state index in [-0.39, 0.29) is 0 Å². The van der Waals surface area contributed by atoms with Crippen molar-refractivity contribution in [2.45, 2.75) is 53.2 Å². The molecule has 19 heavy (non-hydrogen) atoms. The second kappa shape index (κ2) is 5.57. The minimum absolute atomic E-state index is 0.439. The summed E-state index contributed by atoms with van der Waals surface area (Å²) in [6, 6.07) is 2.50. The SMILES string of the molecule is CCC(C)n1ccc(Cn2nc(C)c(CN)c2C)n1. The highest BCUT2D eigenvalue weighted by molar-refractivity contribution is 5.24. The highest BCUT2D eigenvalue weighted by Crippen LogP contribution is 2.14. The molecule has 0 aliphatic carbocycles. The minimum atomic E-state index is 0.439. The predicted octanol–water partition coefficient (Wildman–Crippen LogP) is 2.17. The fourth-order valence-electron chi connectivity index (χ4n) is 2.23. The Kier molecular flexibility index (Phi) is 4.04. The van der Waals surface area contributed by atoms with Gasteiger partial charge in [-0.2, -0.15) is 10.2 Å². The molecular formula is C14H23N5. The van der Waals surface area contributed by atoms with Crippen molar-refractivity contribution in [3.63, 3.8) is 0 Å². The van der Waals surface area contributed by atoms with Crippen molar-refractivity contribution in [3.8, 4) is 0 Å². The summed E-state index contributed by atoms with van der Waals surface area (Å²) in [6.45, 7) is 9.65. The number of hydrogen-bond acceptors (Lipinski definition) is 3. The molecule has 1 atom stereocenters. The van der Waals surface area contributed by atoms with Crippen LogP contribution < -0.4 is 5.73 Å². The Labute approximate surface area is 114 Å². The van der Waals surface area contributed by atoms with Crippen molar-refractivity contribution in [1.29, 1.82) is 0 Å². The number of aromatic nitrogens is 4. The maximum absolute atomic E-state index is 5.75. The van der Waals surface area contributed by atoms with Crippen molar-refractivity contribution in [2.24, 2.45) is 5.73 Å². The third-order valence-electron chi connectivity index (χ3n) is 3.75. The summed E-state index contributed by atoms with van der Waals surface area (Å²) >= 11 is 0. The first-order valence-electron chi connectivity index (χ1n) is 6.83. The van der Waals surface area contributed by atoms with Crippen molar-refractivity contribution < 1.29 is 0 Å². The van der Waals surface area contributed by atoms with E-state index in [9.17, 15) is 0 Å². The molecule has 1 unspecified atom stereocenters. The molecule has 2 rings (SSSR count). The second-order valence-electron chi connectivity index (χ2n) is 5.06. The molecule has 0 aromatic carbocycles. The molecule has 0 radical (unpaired) electrons. The normalized spacial score (nSPS) is 12.9. The zero-order chi connectivity index (χ0) is 14.0. The predicted molar refractivity (Wildman–Crippen MR) is 75.9 cm³/mol. The van der Waals surface area contributed by atoms with Gasteiger partial charge in [0.15, 0.2) is 0 Å². The van der Waals surface area contributed by atoms with Crippen LogP contribution in [-0.2, 0) is 13.1 Å². The first-order chi connectivity index (χ1) is 9.06. The van der Waals surface area contributed by atoms with Gasteiger partial charge in [0, 0.05) is 30.0 Å². The van der Waals surface area contributed by atoms with Crippen LogP contribution in [-0.4, -0.2) is 19.6 Å². The standard InChI is InChI=1S/C14H23N5/c1-5-10(2)18-7-6-13(17-18)9-19-12(4)14(8-15)11(3)16-19/h6-7,10H,5,8-9,15H2,1-4H3. The molecule has 0 saturated heterocycles. The number of nitrogens with zero attached hydrogens (tertiary/aromatic N) is 4. The Balaban J connectivity index is 2.19. The van der Waals surface area contributed by atoms with Crippen molar-refractivity contribution >= 4 is 0 Å². The molecule has 5 heteroatoms. The van der Waals surface area contributed by atoms with Crippen molar-refractivity contribution in [3.05, 3.63) is 34.9 Å². The van der Waals surface area contributed by atoms with Gasteiger partial charge in [-0.15, -0.1) is 0 Å². The quantitative estimate of drug-likeness (QED) is 0.897. The summed E-state index contributed by atoms with van der Waals surface area (Å²) in [7, 11) is 0. The fourth-order valence-corrected chi connectivity index (χ4v) is 2.23. The van der Waals surface area contributed by atoms with E-state index in [2.05, 4.69) is 37.0 Å². The number of rotatable bonds is 5. The number of aryl methyl sites for hydroxylation is 1. The Morgan fingerprint density at radius 3 is 2.63 bits per heavy atom. The molecule has 0 aliphatic rings. The first kappa shape index (κ1) is 13.8. The number of hydrogen-bond donors (Lipinski definition) is 1. The average molecular weight is 261 g/mol. The van der Waals surface area contributed by atoms with E-state index in [0.717, 1.165) is 29.1 Å². The Morgan fingerprint density at radius 1 is 1.32 bits per heavy atom. The molecule has 0 fully saturated rings. The van der Waals surface area contributed by atoms with Crippen LogP contribution in [0.25, 0.3) is 0 Å². The molecule has 104 valence electrons. The second-order valence-corrected chi connectivity index (χ2v) is 5.06. The lowest BCUT2D eigenvalue weighted by Gasteiger charge is -2.08. The van der Waals surface area contributed by atoms with Gasteiger partial charge in [0.05, 0.1) is 17.9 Å². The van der Waals surface area contributed by atoms with Gasteiger partial charge in [-0.3, -0.25) is 9.36 Å². The van der Waals surface area contributed by atoms with Crippen LogP contribution in [0.2, 0.25) is 0 Å². The monoisotopic (exact) mass is 261 g/mol. The van der Waals surface area contributed by atoms with E-state index in [0.29, 0.717) is 19.1 Å². The van der Waals surface area contributed by atoms with E-state index < -0.39 is 0 Å². The van der Waals surface area contributed by atoms with Gasteiger partial charge < -0.3 is 5.73 Å². The van der Waals surface area contributed by atoms with E-state index in [1.54, 1.807) is 0 Å². The summed E-state index contributed by atoms with van der Waals surface area (Å²) in [5.74, 6) is 0. The Morgan fingerprint density at radius 2 is 2.05 bits per heavy atom. The van der Waals surface area contributed by atoms with Crippen LogP contribution in [0.5, 0.6) is 0 Å².